The standard InChI is InChI=1S/C23H24N6O2/c1-2-20-27-23(28-31-20)18-12-24-14-26-22(18)15-6-5-9-29(13-15)21(30)10-16-11-25-19-8-4-3-7-17(16)19/h3-4,7-8,11-12,14-15,25H,2,5-6,9-10,13H2,1H3. The summed E-state index contributed by atoms with van der Waals surface area (Å²) in [5, 5.41) is 5.20. The van der Waals surface area contributed by atoms with Crippen LogP contribution in [0.25, 0.3) is 22.3 Å². The van der Waals surface area contributed by atoms with Crippen LogP contribution in [-0.4, -0.2) is 49.0 Å². The van der Waals surface area contributed by atoms with E-state index in [1.807, 2.05) is 36.2 Å². The molecule has 158 valence electrons. The predicted octanol–water partition coefficient (Wildman–Crippen LogP) is 3.52. The Hall–Kier alpha value is -3.55. The van der Waals surface area contributed by atoms with Crippen molar-refractivity contribution in [3.05, 3.63) is 60.1 Å². The lowest BCUT2D eigenvalue weighted by molar-refractivity contribution is -0.131. The molecule has 1 N–H and O–H groups in total. The number of nitrogens with zero attached hydrogens (tertiary/aromatic N) is 5. The lowest BCUT2D eigenvalue weighted by Crippen LogP contribution is -2.40. The molecule has 1 atom stereocenters. The van der Waals surface area contributed by atoms with E-state index in [2.05, 4.69) is 31.2 Å². The van der Waals surface area contributed by atoms with Gasteiger partial charge in [0, 0.05) is 48.7 Å². The first kappa shape index (κ1) is 19.4. The van der Waals surface area contributed by atoms with Gasteiger partial charge in [-0.25, -0.2) is 9.97 Å². The number of carbonyl (C=O) groups excluding carboxylic acids is 1. The van der Waals surface area contributed by atoms with Gasteiger partial charge in [0.15, 0.2) is 0 Å². The molecule has 1 aliphatic heterocycles. The number of benzene rings is 1. The summed E-state index contributed by atoms with van der Waals surface area (Å²) in [5.74, 6) is 1.35. The van der Waals surface area contributed by atoms with E-state index in [0.29, 0.717) is 31.1 Å². The van der Waals surface area contributed by atoms with Crippen molar-refractivity contribution in [1.82, 2.24) is 30.0 Å². The Balaban J connectivity index is 1.35. The van der Waals surface area contributed by atoms with Crippen LogP contribution < -0.4 is 0 Å². The highest BCUT2D eigenvalue weighted by Crippen LogP contribution is 2.32. The Kier molecular flexibility index (Phi) is 5.19. The largest absolute Gasteiger partial charge is 0.361 e. The molecular weight excluding hydrogens is 392 g/mol. The Morgan fingerprint density at radius 3 is 3.10 bits per heavy atom. The normalized spacial score (nSPS) is 16.7. The van der Waals surface area contributed by atoms with E-state index in [-0.39, 0.29) is 11.8 Å². The Morgan fingerprint density at radius 2 is 2.23 bits per heavy atom. The number of fused-ring (bicyclic) bond motifs is 1. The number of hydrogen-bond acceptors (Lipinski definition) is 6. The first-order chi connectivity index (χ1) is 15.2. The molecule has 1 fully saturated rings. The van der Waals surface area contributed by atoms with Gasteiger partial charge in [-0.2, -0.15) is 4.98 Å². The first-order valence-corrected chi connectivity index (χ1v) is 10.7. The van der Waals surface area contributed by atoms with Gasteiger partial charge in [0.05, 0.1) is 17.7 Å². The molecule has 4 aromatic rings. The van der Waals surface area contributed by atoms with Gasteiger partial charge in [0.2, 0.25) is 17.6 Å². The zero-order valence-electron chi connectivity index (χ0n) is 17.4. The molecule has 1 amide bonds. The molecule has 0 radical (unpaired) electrons. The van der Waals surface area contributed by atoms with E-state index in [1.165, 1.54) is 0 Å². The maximum atomic E-state index is 13.1. The third kappa shape index (κ3) is 3.81. The number of carbonyl (C=O) groups is 1. The number of para-hydroxylation sites is 1. The molecule has 5 rings (SSSR count). The van der Waals surface area contributed by atoms with Crippen LogP contribution in [0.3, 0.4) is 0 Å². The van der Waals surface area contributed by atoms with Gasteiger partial charge in [0.25, 0.3) is 0 Å². The van der Waals surface area contributed by atoms with Gasteiger partial charge >= 0.3 is 0 Å². The number of aromatic amines is 1. The quantitative estimate of drug-likeness (QED) is 0.534. The summed E-state index contributed by atoms with van der Waals surface area (Å²) in [6, 6.07) is 8.07. The lowest BCUT2D eigenvalue weighted by Gasteiger charge is -2.33. The molecule has 1 aromatic carbocycles. The van der Waals surface area contributed by atoms with Crippen LogP contribution in [0.15, 0.2) is 47.5 Å². The number of amides is 1. The Morgan fingerprint density at radius 1 is 1.32 bits per heavy atom. The smallest absolute Gasteiger partial charge is 0.227 e. The predicted molar refractivity (Wildman–Crippen MR) is 115 cm³/mol. The van der Waals surface area contributed by atoms with E-state index in [1.54, 1.807) is 12.5 Å². The highest BCUT2D eigenvalue weighted by atomic mass is 16.5. The van der Waals surface area contributed by atoms with Gasteiger partial charge in [-0.15, -0.1) is 0 Å². The molecule has 0 aliphatic carbocycles. The average molecular weight is 416 g/mol. The average Bonchev–Trinajstić information content (AvgIpc) is 3.47. The first-order valence-electron chi connectivity index (χ1n) is 10.7. The van der Waals surface area contributed by atoms with E-state index in [9.17, 15) is 4.79 Å². The number of aromatic nitrogens is 5. The summed E-state index contributed by atoms with van der Waals surface area (Å²) >= 11 is 0. The number of piperidine rings is 1. The minimum Gasteiger partial charge on any atom is -0.361 e. The van der Waals surface area contributed by atoms with Crippen molar-refractivity contribution in [3.63, 3.8) is 0 Å². The molecule has 1 unspecified atom stereocenters. The van der Waals surface area contributed by atoms with Crippen molar-refractivity contribution < 1.29 is 9.32 Å². The lowest BCUT2D eigenvalue weighted by atomic mass is 9.91. The highest BCUT2D eigenvalue weighted by Gasteiger charge is 2.29. The highest BCUT2D eigenvalue weighted by molar-refractivity contribution is 5.89. The second-order valence-corrected chi connectivity index (χ2v) is 7.90. The van der Waals surface area contributed by atoms with Crippen LogP contribution in [0.2, 0.25) is 0 Å². The van der Waals surface area contributed by atoms with Crippen molar-refractivity contribution in [1.29, 1.82) is 0 Å². The van der Waals surface area contributed by atoms with Crippen LogP contribution >= 0.6 is 0 Å². The van der Waals surface area contributed by atoms with Crippen LogP contribution in [-0.2, 0) is 17.6 Å². The van der Waals surface area contributed by atoms with E-state index < -0.39 is 0 Å². The van der Waals surface area contributed by atoms with Crippen LogP contribution in [0, 0.1) is 0 Å². The minimum atomic E-state index is 0.113. The maximum Gasteiger partial charge on any atom is 0.227 e. The number of aryl methyl sites for hydroxylation is 1. The molecule has 31 heavy (non-hydrogen) atoms. The molecule has 1 saturated heterocycles. The number of likely N-dealkylation sites (tertiary alicyclic amines) is 1. The topological polar surface area (TPSA) is 101 Å². The summed E-state index contributed by atoms with van der Waals surface area (Å²) in [6.07, 6.45) is 8.17. The summed E-state index contributed by atoms with van der Waals surface area (Å²) in [7, 11) is 0. The fraction of sp³-hybridized carbons (Fsp3) is 0.348. The molecule has 0 saturated carbocycles. The molecule has 3 aromatic heterocycles. The Labute approximate surface area is 179 Å². The summed E-state index contributed by atoms with van der Waals surface area (Å²) in [6.45, 7) is 3.36. The monoisotopic (exact) mass is 416 g/mol. The molecule has 0 spiro atoms. The molecule has 8 heteroatoms. The number of H-pyrrole nitrogens is 1. The van der Waals surface area contributed by atoms with Gasteiger partial charge in [0.1, 0.15) is 6.33 Å². The van der Waals surface area contributed by atoms with Crippen molar-refractivity contribution in [3.8, 4) is 11.4 Å². The zero-order valence-corrected chi connectivity index (χ0v) is 17.4. The van der Waals surface area contributed by atoms with Gasteiger partial charge in [-0.05, 0) is 24.5 Å². The molecule has 0 bridgehead atoms. The van der Waals surface area contributed by atoms with E-state index in [0.717, 1.165) is 47.1 Å². The van der Waals surface area contributed by atoms with E-state index >= 15 is 0 Å². The number of hydrogen-bond donors (Lipinski definition) is 1. The fourth-order valence-corrected chi connectivity index (χ4v) is 4.32. The third-order valence-corrected chi connectivity index (χ3v) is 5.93. The van der Waals surface area contributed by atoms with Gasteiger partial charge in [-0.3, -0.25) is 4.79 Å². The second-order valence-electron chi connectivity index (χ2n) is 7.90. The molecule has 8 nitrogen and oxygen atoms in total. The maximum absolute atomic E-state index is 13.1. The van der Waals surface area contributed by atoms with E-state index in [4.69, 9.17) is 4.52 Å². The zero-order chi connectivity index (χ0) is 21.2. The summed E-state index contributed by atoms with van der Waals surface area (Å²) < 4.78 is 5.28. The molecule has 4 heterocycles. The van der Waals surface area contributed by atoms with Crippen LogP contribution in [0.5, 0.6) is 0 Å². The van der Waals surface area contributed by atoms with Crippen molar-refractivity contribution in [2.24, 2.45) is 0 Å². The van der Waals surface area contributed by atoms with Crippen molar-refractivity contribution in [2.75, 3.05) is 13.1 Å². The third-order valence-electron chi connectivity index (χ3n) is 5.93. The van der Waals surface area contributed by atoms with Crippen molar-refractivity contribution >= 4 is 16.8 Å². The fourth-order valence-electron chi connectivity index (χ4n) is 4.32. The van der Waals surface area contributed by atoms with Crippen LogP contribution in [0.4, 0.5) is 0 Å². The SMILES string of the molecule is CCc1nc(-c2cncnc2C2CCCN(C(=O)Cc3c[nH]c4ccccc34)C2)no1. The van der Waals surface area contributed by atoms with Gasteiger partial charge < -0.3 is 14.4 Å². The number of nitrogens with one attached hydrogen (secondary N) is 1. The summed E-state index contributed by atoms with van der Waals surface area (Å²) in [5.41, 5.74) is 3.74. The minimum absolute atomic E-state index is 0.113. The Bertz CT molecular complexity index is 1210. The molecule has 1 aliphatic rings. The summed E-state index contributed by atoms with van der Waals surface area (Å²) in [4.78, 5) is 31.5. The second kappa shape index (κ2) is 8.29. The number of rotatable bonds is 5. The molecular formula is C23H24N6O2. The van der Waals surface area contributed by atoms with Crippen molar-refractivity contribution in [2.45, 2.75) is 38.5 Å². The van der Waals surface area contributed by atoms with Crippen LogP contribution in [0.1, 0.15) is 42.8 Å². The van der Waals surface area contributed by atoms with Gasteiger partial charge in [-0.1, -0.05) is 30.3 Å².